The van der Waals surface area contributed by atoms with Gasteiger partial charge in [-0.05, 0) is 37.7 Å². The summed E-state index contributed by atoms with van der Waals surface area (Å²) in [6.07, 6.45) is -1.39. The second-order valence-electron chi connectivity index (χ2n) is 6.31. The highest BCUT2D eigenvalue weighted by Crippen LogP contribution is 2.32. The van der Waals surface area contributed by atoms with Gasteiger partial charge in [0.1, 0.15) is 5.54 Å². The number of carbonyl (C=O) groups excluding carboxylic acids is 1. The lowest BCUT2D eigenvalue weighted by Crippen LogP contribution is -2.56. The van der Waals surface area contributed by atoms with Crippen LogP contribution in [0.15, 0.2) is 18.3 Å². The van der Waals surface area contributed by atoms with Gasteiger partial charge >= 0.3 is 12.1 Å². The highest BCUT2D eigenvalue weighted by atomic mass is 19.4. The summed E-state index contributed by atoms with van der Waals surface area (Å²) in [5, 5.41) is 12.0. The summed E-state index contributed by atoms with van der Waals surface area (Å²) in [4.78, 5) is 27.6. The number of amides is 1. The smallest absolute Gasteiger partial charge is 0.422 e. The van der Waals surface area contributed by atoms with Gasteiger partial charge in [-0.15, -0.1) is 0 Å². The van der Waals surface area contributed by atoms with Crippen molar-refractivity contribution in [3.05, 3.63) is 23.9 Å². The molecule has 1 amide bonds. The number of carboxylic acid groups (broad SMARTS) is 1. The molecule has 2 N–H and O–H groups in total. The molecule has 0 atom stereocenters. The first-order valence-electron chi connectivity index (χ1n) is 7.83. The third kappa shape index (κ3) is 5.07. The Labute approximate surface area is 142 Å². The van der Waals surface area contributed by atoms with Crippen molar-refractivity contribution in [2.24, 2.45) is 5.92 Å². The van der Waals surface area contributed by atoms with Crippen LogP contribution < -0.4 is 10.1 Å². The fourth-order valence-corrected chi connectivity index (χ4v) is 2.69. The number of carbonyl (C=O) groups is 2. The Morgan fingerprint density at radius 2 is 2.00 bits per heavy atom. The molecule has 2 rings (SSSR count). The molecule has 1 aliphatic carbocycles. The van der Waals surface area contributed by atoms with Crippen molar-refractivity contribution in [2.75, 3.05) is 6.61 Å². The minimum Gasteiger partial charge on any atom is -0.480 e. The molecule has 0 aromatic carbocycles. The summed E-state index contributed by atoms with van der Waals surface area (Å²) in [5.41, 5.74) is -1.27. The molecule has 0 bridgehead atoms. The second-order valence-corrected chi connectivity index (χ2v) is 6.31. The monoisotopic (exact) mass is 360 g/mol. The molecule has 6 nitrogen and oxygen atoms in total. The number of aromatic nitrogens is 1. The molecule has 0 spiro atoms. The van der Waals surface area contributed by atoms with Gasteiger partial charge in [0.2, 0.25) is 5.88 Å². The van der Waals surface area contributed by atoms with Crippen LogP contribution in [0.3, 0.4) is 0 Å². The van der Waals surface area contributed by atoms with E-state index in [0.29, 0.717) is 31.6 Å². The van der Waals surface area contributed by atoms with Gasteiger partial charge in [0.05, 0.1) is 5.56 Å². The fraction of sp³-hybridized carbons (Fsp3) is 0.562. The highest BCUT2D eigenvalue weighted by molar-refractivity contribution is 5.97. The molecule has 0 radical (unpaired) electrons. The van der Waals surface area contributed by atoms with E-state index in [1.165, 1.54) is 6.07 Å². The van der Waals surface area contributed by atoms with E-state index in [1.54, 1.807) is 0 Å². The molecule has 0 unspecified atom stereocenters. The molecule has 0 aliphatic heterocycles. The van der Waals surface area contributed by atoms with Crippen LogP contribution >= 0.6 is 0 Å². The van der Waals surface area contributed by atoms with Crippen LogP contribution in [0.1, 0.15) is 43.0 Å². The first-order chi connectivity index (χ1) is 11.6. The van der Waals surface area contributed by atoms with Gasteiger partial charge in [-0.3, -0.25) is 4.79 Å². The van der Waals surface area contributed by atoms with Crippen LogP contribution in [0.2, 0.25) is 0 Å². The summed E-state index contributed by atoms with van der Waals surface area (Å²) in [5.74, 6) is -1.60. The molecule has 1 saturated carbocycles. The number of carboxylic acids is 1. The lowest BCUT2D eigenvalue weighted by atomic mass is 9.77. The van der Waals surface area contributed by atoms with E-state index in [-0.39, 0.29) is 11.4 Å². The first kappa shape index (κ1) is 19.0. The minimum atomic E-state index is -4.48. The van der Waals surface area contributed by atoms with Crippen molar-refractivity contribution >= 4 is 11.9 Å². The first-order valence-corrected chi connectivity index (χ1v) is 7.83. The van der Waals surface area contributed by atoms with Gasteiger partial charge in [0.25, 0.3) is 5.91 Å². The zero-order valence-electron chi connectivity index (χ0n) is 13.6. The Hall–Kier alpha value is -2.32. The average molecular weight is 360 g/mol. The van der Waals surface area contributed by atoms with Crippen LogP contribution in [0.5, 0.6) is 5.88 Å². The second kappa shape index (κ2) is 7.28. The normalized spacial score (nSPS) is 23.8. The molecule has 25 heavy (non-hydrogen) atoms. The number of nitrogens with one attached hydrogen (secondary N) is 1. The van der Waals surface area contributed by atoms with E-state index >= 15 is 0 Å². The summed E-state index contributed by atoms with van der Waals surface area (Å²) in [6, 6.07) is 2.38. The van der Waals surface area contributed by atoms with Crippen molar-refractivity contribution in [1.29, 1.82) is 0 Å². The summed E-state index contributed by atoms with van der Waals surface area (Å²) in [7, 11) is 0. The minimum absolute atomic E-state index is 0.0543. The van der Waals surface area contributed by atoms with Crippen LogP contribution in [-0.4, -0.2) is 40.3 Å². The van der Waals surface area contributed by atoms with Crippen LogP contribution in [0.4, 0.5) is 13.2 Å². The van der Waals surface area contributed by atoms with E-state index < -0.39 is 30.2 Å². The zero-order valence-corrected chi connectivity index (χ0v) is 13.6. The maximum Gasteiger partial charge on any atom is 0.422 e. The van der Waals surface area contributed by atoms with Crippen molar-refractivity contribution in [2.45, 2.75) is 44.3 Å². The molecular weight excluding hydrogens is 341 g/mol. The number of aliphatic carboxylic acids is 1. The number of rotatable bonds is 5. The van der Waals surface area contributed by atoms with Gasteiger partial charge in [-0.1, -0.05) is 6.92 Å². The highest BCUT2D eigenvalue weighted by Gasteiger charge is 2.42. The Balaban J connectivity index is 2.03. The third-order valence-corrected chi connectivity index (χ3v) is 4.27. The average Bonchev–Trinajstić information content (AvgIpc) is 2.55. The largest absolute Gasteiger partial charge is 0.480 e. The number of hydrogen-bond donors (Lipinski definition) is 2. The Morgan fingerprint density at radius 1 is 1.36 bits per heavy atom. The molecular formula is C16H19F3N2O4. The lowest BCUT2D eigenvalue weighted by molar-refractivity contribution is -0.154. The van der Waals surface area contributed by atoms with E-state index in [2.05, 4.69) is 15.0 Å². The van der Waals surface area contributed by atoms with Gasteiger partial charge in [0.15, 0.2) is 6.61 Å². The van der Waals surface area contributed by atoms with Gasteiger partial charge in [0, 0.05) is 12.3 Å². The molecule has 1 aromatic rings. The third-order valence-electron chi connectivity index (χ3n) is 4.27. The van der Waals surface area contributed by atoms with Gasteiger partial charge in [-0.2, -0.15) is 13.2 Å². The quantitative estimate of drug-likeness (QED) is 0.843. The number of halogens is 3. The Morgan fingerprint density at radius 3 is 2.48 bits per heavy atom. The lowest BCUT2D eigenvalue weighted by Gasteiger charge is -2.36. The summed E-state index contributed by atoms with van der Waals surface area (Å²) >= 11 is 0. The van der Waals surface area contributed by atoms with E-state index in [0.717, 1.165) is 12.3 Å². The molecule has 9 heteroatoms. The predicted molar refractivity (Wildman–Crippen MR) is 81.3 cm³/mol. The molecule has 1 heterocycles. The maximum absolute atomic E-state index is 12.3. The zero-order chi connectivity index (χ0) is 18.7. The number of nitrogens with zero attached hydrogens (tertiary/aromatic N) is 1. The molecule has 138 valence electrons. The predicted octanol–water partition coefficient (Wildman–Crippen LogP) is 2.79. The Bertz CT molecular complexity index is 623. The SMILES string of the molecule is CC1CCC(NC(=O)c2ccc(OCC(F)(F)F)nc2)(C(=O)O)CC1. The molecule has 1 aliphatic rings. The fourth-order valence-electron chi connectivity index (χ4n) is 2.69. The van der Waals surface area contributed by atoms with Gasteiger partial charge in [-0.25, -0.2) is 9.78 Å². The maximum atomic E-state index is 12.3. The van der Waals surface area contributed by atoms with Crippen molar-refractivity contribution in [1.82, 2.24) is 10.3 Å². The number of pyridine rings is 1. The van der Waals surface area contributed by atoms with Crippen LogP contribution in [0, 0.1) is 5.92 Å². The summed E-state index contributed by atoms with van der Waals surface area (Å²) < 4.78 is 40.7. The van der Waals surface area contributed by atoms with Crippen molar-refractivity contribution < 1.29 is 32.6 Å². The topological polar surface area (TPSA) is 88.5 Å². The molecule has 0 saturated heterocycles. The van der Waals surface area contributed by atoms with E-state index in [1.807, 2.05) is 6.92 Å². The van der Waals surface area contributed by atoms with Crippen LogP contribution in [0.25, 0.3) is 0 Å². The number of hydrogen-bond acceptors (Lipinski definition) is 4. The van der Waals surface area contributed by atoms with Crippen molar-refractivity contribution in [3.63, 3.8) is 0 Å². The van der Waals surface area contributed by atoms with E-state index in [9.17, 15) is 27.9 Å². The van der Waals surface area contributed by atoms with Crippen molar-refractivity contribution in [3.8, 4) is 5.88 Å². The number of ether oxygens (including phenoxy) is 1. The molecule has 1 aromatic heterocycles. The van der Waals surface area contributed by atoms with Gasteiger partial charge < -0.3 is 15.2 Å². The summed E-state index contributed by atoms with van der Waals surface area (Å²) in [6.45, 7) is 0.545. The van der Waals surface area contributed by atoms with E-state index in [4.69, 9.17) is 0 Å². The Kier molecular flexibility index (Phi) is 5.54. The standard InChI is InChI=1S/C16H19F3N2O4/c1-10-4-6-15(7-5-10,14(23)24)21-13(22)11-2-3-12(20-8-11)25-9-16(17,18)19/h2-3,8,10H,4-7,9H2,1H3,(H,21,22)(H,23,24). The number of alkyl halides is 3. The van der Waals surface area contributed by atoms with Crippen LogP contribution in [-0.2, 0) is 4.79 Å². The molecule has 1 fully saturated rings.